The van der Waals surface area contributed by atoms with Crippen LogP contribution in [-0.4, -0.2) is 20.2 Å². The van der Waals surface area contributed by atoms with E-state index in [-0.39, 0.29) is 11.4 Å². The first-order valence-electron chi connectivity index (χ1n) is 8.27. The maximum absolute atomic E-state index is 13.1. The first kappa shape index (κ1) is 12.7. The van der Waals surface area contributed by atoms with E-state index in [0.29, 0.717) is 5.82 Å². The van der Waals surface area contributed by atoms with Gasteiger partial charge in [0.25, 0.3) is 0 Å². The largest absolute Gasteiger partial charge is 0.207 e. The molecule has 22 heavy (non-hydrogen) atoms. The van der Waals surface area contributed by atoms with Gasteiger partial charge >= 0.3 is 0 Å². The molecule has 0 radical (unpaired) electrons. The van der Waals surface area contributed by atoms with E-state index in [2.05, 4.69) is 15.4 Å². The fraction of sp³-hybridized carbons (Fsp3) is 0.588. The second kappa shape index (κ2) is 4.37. The highest BCUT2D eigenvalue weighted by atomic mass is 19.1. The van der Waals surface area contributed by atoms with Crippen molar-refractivity contribution >= 4 is 0 Å². The van der Waals surface area contributed by atoms with E-state index in [4.69, 9.17) is 0 Å². The number of aromatic nitrogens is 4. The van der Waals surface area contributed by atoms with Crippen molar-refractivity contribution in [3.05, 3.63) is 30.1 Å². The Morgan fingerprint density at radius 1 is 0.955 bits per heavy atom. The van der Waals surface area contributed by atoms with Gasteiger partial charge in [-0.1, -0.05) is 0 Å². The third kappa shape index (κ3) is 1.84. The summed E-state index contributed by atoms with van der Waals surface area (Å²) in [5.41, 5.74) is 0.928. The fourth-order valence-corrected chi connectivity index (χ4v) is 5.44. The molecule has 1 aromatic heterocycles. The molecule has 1 heterocycles. The minimum atomic E-state index is -0.239. The predicted octanol–water partition coefficient (Wildman–Crippen LogP) is 3.40. The van der Waals surface area contributed by atoms with Gasteiger partial charge in [-0.05, 0) is 85.8 Å². The highest BCUT2D eigenvalue weighted by Crippen LogP contribution is 2.58. The van der Waals surface area contributed by atoms with Gasteiger partial charge in [0.2, 0.25) is 5.82 Å². The monoisotopic (exact) mass is 298 g/mol. The molecule has 4 aliphatic rings. The summed E-state index contributed by atoms with van der Waals surface area (Å²) in [5.74, 6) is 2.93. The third-order valence-electron chi connectivity index (χ3n) is 5.95. The number of nitrogens with zero attached hydrogens (tertiary/aromatic N) is 4. The molecule has 0 atom stereocenters. The van der Waals surface area contributed by atoms with Crippen LogP contribution in [0.5, 0.6) is 0 Å². The summed E-state index contributed by atoms with van der Waals surface area (Å²) in [6.07, 6.45) is 7.82. The minimum absolute atomic E-state index is 0.0973. The van der Waals surface area contributed by atoms with Crippen molar-refractivity contribution in [1.82, 2.24) is 20.2 Å². The second-order valence-corrected chi connectivity index (χ2v) is 7.55. The van der Waals surface area contributed by atoms with Crippen LogP contribution in [0.4, 0.5) is 4.39 Å². The zero-order valence-electron chi connectivity index (χ0n) is 12.5. The summed E-state index contributed by atoms with van der Waals surface area (Å²) in [7, 11) is 0. The Bertz CT molecular complexity index is 670. The van der Waals surface area contributed by atoms with Crippen LogP contribution in [0.25, 0.3) is 11.4 Å². The van der Waals surface area contributed by atoms with Crippen molar-refractivity contribution in [2.75, 3.05) is 0 Å². The lowest BCUT2D eigenvalue weighted by atomic mass is 9.53. The van der Waals surface area contributed by atoms with Gasteiger partial charge in [-0.25, -0.2) is 4.39 Å². The van der Waals surface area contributed by atoms with Crippen molar-refractivity contribution in [3.8, 4) is 11.4 Å². The lowest BCUT2D eigenvalue weighted by Crippen LogP contribution is -2.52. The molecule has 114 valence electrons. The van der Waals surface area contributed by atoms with Crippen LogP contribution in [0.2, 0.25) is 0 Å². The average Bonchev–Trinajstić information content (AvgIpc) is 2.97. The van der Waals surface area contributed by atoms with Crippen molar-refractivity contribution < 1.29 is 4.39 Å². The normalized spacial score (nSPS) is 36.0. The molecule has 2 aromatic rings. The second-order valence-electron chi connectivity index (χ2n) is 7.55. The van der Waals surface area contributed by atoms with E-state index >= 15 is 0 Å². The van der Waals surface area contributed by atoms with E-state index < -0.39 is 0 Å². The molecule has 4 fully saturated rings. The highest BCUT2D eigenvalue weighted by Gasteiger charge is 2.53. The maximum Gasteiger partial charge on any atom is 0.204 e. The van der Waals surface area contributed by atoms with Gasteiger partial charge in [-0.3, -0.25) is 0 Å². The first-order chi connectivity index (χ1) is 10.7. The molecule has 0 saturated heterocycles. The minimum Gasteiger partial charge on any atom is -0.207 e. The topological polar surface area (TPSA) is 43.6 Å². The number of halogens is 1. The van der Waals surface area contributed by atoms with E-state index in [9.17, 15) is 4.39 Å². The molecular weight excluding hydrogens is 279 g/mol. The smallest absolute Gasteiger partial charge is 0.204 e. The van der Waals surface area contributed by atoms with Gasteiger partial charge in [0.15, 0.2) is 0 Å². The quantitative estimate of drug-likeness (QED) is 0.853. The lowest BCUT2D eigenvalue weighted by Gasteiger charge is -2.55. The van der Waals surface area contributed by atoms with Crippen LogP contribution < -0.4 is 0 Å². The average molecular weight is 298 g/mol. The molecule has 0 aliphatic heterocycles. The molecule has 0 spiro atoms. The van der Waals surface area contributed by atoms with Gasteiger partial charge in [-0.2, -0.15) is 4.80 Å². The van der Waals surface area contributed by atoms with Gasteiger partial charge in [0.1, 0.15) is 5.82 Å². The molecule has 6 rings (SSSR count). The Hall–Kier alpha value is -1.78. The van der Waals surface area contributed by atoms with Crippen LogP contribution in [0.1, 0.15) is 38.5 Å². The molecule has 0 unspecified atom stereocenters. The number of rotatable bonds is 2. The van der Waals surface area contributed by atoms with Crippen molar-refractivity contribution in [2.45, 2.75) is 44.1 Å². The highest BCUT2D eigenvalue weighted by molar-refractivity contribution is 5.53. The Kier molecular flexibility index (Phi) is 2.53. The summed E-state index contributed by atoms with van der Waals surface area (Å²) < 4.78 is 13.1. The van der Waals surface area contributed by atoms with E-state index in [1.165, 1.54) is 50.7 Å². The van der Waals surface area contributed by atoms with E-state index in [1.807, 2.05) is 4.80 Å². The third-order valence-corrected chi connectivity index (χ3v) is 5.95. The lowest BCUT2D eigenvalue weighted by molar-refractivity contribution is -0.0573. The molecule has 4 saturated carbocycles. The van der Waals surface area contributed by atoms with Gasteiger partial charge in [-0.15, -0.1) is 10.2 Å². The van der Waals surface area contributed by atoms with Crippen LogP contribution in [0, 0.1) is 23.6 Å². The van der Waals surface area contributed by atoms with Crippen LogP contribution in [0.15, 0.2) is 24.3 Å². The summed E-state index contributed by atoms with van der Waals surface area (Å²) in [6.45, 7) is 0. The zero-order valence-corrected chi connectivity index (χ0v) is 12.5. The molecule has 4 bridgehead atoms. The summed E-state index contributed by atoms with van der Waals surface area (Å²) in [6, 6.07) is 6.33. The Balaban J connectivity index is 1.50. The molecule has 4 nitrogen and oxygen atoms in total. The fourth-order valence-electron chi connectivity index (χ4n) is 5.44. The molecule has 0 N–H and O–H groups in total. The van der Waals surface area contributed by atoms with Gasteiger partial charge < -0.3 is 0 Å². The molecule has 5 heteroatoms. The SMILES string of the molecule is Fc1ccc(-c2nnn(C34CC5CC(CC(C5)C3)C4)n2)cc1. The van der Waals surface area contributed by atoms with Crippen LogP contribution in [-0.2, 0) is 5.54 Å². The molecule has 4 aliphatic carbocycles. The molecule has 0 amide bonds. The number of hydrogen-bond donors (Lipinski definition) is 0. The van der Waals surface area contributed by atoms with Crippen molar-refractivity contribution in [3.63, 3.8) is 0 Å². The van der Waals surface area contributed by atoms with Crippen molar-refractivity contribution in [2.24, 2.45) is 17.8 Å². The van der Waals surface area contributed by atoms with E-state index in [1.54, 1.807) is 12.1 Å². The number of hydrogen-bond acceptors (Lipinski definition) is 3. The van der Waals surface area contributed by atoms with Crippen molar-refractivity contribution in [1.29, 1.82) is 0 Å². The number of benzene rings is 1. The van der Waals surface area contributed by atoms with E-state index in [0.717, 1.165) is 23.3 Å². The van der Waals surface area contributed by atoms with Gasteiger partial charge in [0.05, 0.1) is 5.54 Å². The Labute approximate surface area is 128 Å². The van der Waals surface area contributed by atoms with Gasteiger partial charge in [0, 0.05) is 5.56 Å². The molecule has 1 aromatic carbocycles. The zero-order chi connectivity index (χ0) is 14.7. The Morgan fingerprint density at radius 2 is 1.55 bits per heavy atom. The summed E-state index contributed by atoms with van der Waals surface area (Å²) in [5, 5.41) is 13.3. The van der Waals surface area contributed by atoms with Crippen LogP contribution in [0.3, 0.4) is 0 Å². The summed E-state index contributed by atoms with van der Waals surface area (Å²) in [4.78, 5) is 1.90. The standard InChI is InChI=1S/C17H19FN4/c18-15-3-1-14(2-4-15)16-19-21-22(20-16)17-8-11-5-12(9-17)7-13(6-11)10-17/h1-4,11-13H,5-10H2. The first-order valence-corrected chi connectivity index (χ1v) is 8.27. The molecular formula is C17H19FN4. The van der Waals surface area contributed by atoms with Crippen LogP contribution >= 0.6 is 0 Å². The predicted molar refractivity (Wildman–Crippen MR) is 79.4 cm³/mol. The Morgan fingerprint density at radius 3 is 2.14 bits per heavy atom. The summed E-state index contributed by atoms with van der Waals surface area (Å²) >= 11 is 0. The maximum atomic E-state index is 13.1. The number of tetrazole rings is 1.